The Morgan fingerprint density at radius 2 is 2.12 bits per heavy atom. The Morgan fingerprint density at radius 3 is 2.79 bits per heavy atom. The van der Waals surface area contributed by atoms with Crippen molar-refractivity contribution < 1.29 is 8.42 Å². The molecule has 0 aromatic carbocycles. The predicted molar refractivity (Wildman–Crippen MR) is 87.9 cm³/mol. The fourth-order valence-electron chi connectivity index (χ4n) is 2.46. The Morgan fingerprint density at radius 1 is 1.25 bits per heavy atom. The van der Waals surface area contributed by atoms with E-state index in [2.05, 4.69) is 25.4 Å². The third-order valence-corrected chi connectivity index (χ3v) is 5.32. The van der Waals surface area contributed by atoms with Gasteiger partial charge in [0.25, 0.3) is 0 Å². The molecule has 8 nitrogen and oxygen atoms in total. The molecule has 0 aliphatic carbocycles. The summed E-state index contributed by atoms with van der Waals surface area (Å²) in [6.45, 7) is 2.31. The highest BCUT2D eigenvalue weighted by molar-refractivity contribution is 7.91. The molecule has 0 unspecified atom stereocenters. The molecule has 126 valence electrons. The summed E-state index contributed by atoms with van der Waals surface area (Å²) in [5, 5.41) is 14.5. The minimum atomic E-state index is -3.51. The van der Waals surface area contributed by atoms with Crippen LogP contribution in [0.2, 0.25) is 0 Å². The van der Waals surface area contributed by atoms with Crippen LogP contribution in [0.4, 0.5) is 0 Å². The number of H-pyrrole nitrogens is 1. The van der Waals surface area contributed by atoms with Crippen molar-refractivity contribution in [3.05, 3.63) is 42.4 Å². The van der Waals surface area contributed by atoms with E-state index in [-0.39, 0.29) is 10.9 Å². The maximum atomic E-state index is 12.6. The van der Waals surface area contributed by atoms with Crippen LogP contribution in [0, 0.1) is 0 Å². The number of aromatic nitrogens is 6. The highest BCUT2D eigenvalue weighted by Crippen LogP contribution is 2.19. The molecule has 9 heteroatoms. The van der Waals surface area contributed by atoms with Crippen LogP contribution in [0.25, 0.3) is 11.5 Å². The predicted octanol–water partition coefficient (Wildman–Crippen LogP) is 1.49. The summed E-state index contributed by atoms with van der Waals surface area (Å²) in [6.07, 6.45) is 6.24. The van der Waals surface area contributed by atoms with Crippen molar-refractivity contribution >= 4 is 9.84 Å². The molecular weight excluding hydrogens is 328 g/mol. The number of aryl methyl sites for hydroxylation is 1. The molecule has 0 bridgehead atoms. The molecule has 3 aromatic rings. The standard InChI is InChI=1S/C15H18N6O2S/c1-2-21-14(13-7-3-4-8-16-13)19-20-15(21)24(22,23)9-5-6-12-10-17-18-11-12/h3-4,7-8,10-11H,2,5-6,9H2,1H3,(H,17,18). The van der Waals surface area contributed by atoms with E-state index in [1.807, 2.05) is 13.0 Å². The van der Waals surface area contributed by atoms with Gasteiger partial charge in [0.05, 0.1) is 11.9 Å². The number of sulfone groups is 1. The monoisotopic (exact) mass is 346 g/mol. The summed E-state index contributed by atoms with van der Waals surface area (Å²) < 4.78 is 26.8. The number of rotatable bonds is 7. The summed E-state index contributed by atoms with van der Waals surface area (Å²) in [6, 6.07) is 5.41. The van der Waals surface area contributed by atoms with Gasteiger partial charge in [-0.15, -0.1) is 10.2 Å². The molecule has 0 atom stereocenters. The van der Waals surface area contributed by atoms with Gasteiger partial charge in [-0.05, 0) is 37.5 Å². The van der Waals surface area contributed by atoms with E-state index in [1.165, 1.54) is 0 Å². The number of aromatic amines is 1. The van der Waals surface area contributed by atoms with Crippen LogP contribution >= 0.6 is 0 Å². The minimum Gasteiger partial charge on any atom is -0.297 e. The zero-order valence-electron chi connectivity index (χ0n) is 13.3. The van der Waals surface area contributed by atoms with Gasteiger partial charge in [-0.2, -0.15) is 5.10 Å². The SMILES string of the molecule is CCn1c(-c2ccccn2)nnc1S(=O)(=O)CCCc1cn[nH]c1. The quantitative estimate of drug-likeness (QED) is 0.694. The Balaban J connectivity index is 1.81. The summed E-state index contributed by atoms with van der Waals surface area (Å²) in [4.78, 5) is 4.22. The minimum absolute atomic E-state index is 0.00199. The summed E-state index contributed by atoms with van der Waals surface area (Å²) in [7, 11) is -3.51. The van der Waals surface area contributed by atoms with Crippen molar-refractivity contribution in [2.24, 2.45) is 0 Å². The number of hydrogen-bond acceptors (Lipinski definition) is 6. The van der Waals surface area contributed by atoms with Crippen LogP contribution in [0.15, 0.2) is 41.9 Å². The van der Waals surface area contributed by atoms with E-state index >= 15 is 0 Å². The lowest BCUT2D eigenvalue weighted by Gasteiger charge is -2.07. The molecule has 0 fully saturated rings. The molecule has 0 aliphatic heterocycles. The lowest BCUT2D eigenvalue weighted by atomic mass is 10.2. The normalized spacial score (nSPS) is 11.7. The fraction of sp³-hybridized carbons (Fsp3) is 0.333. The van der Waals surface area contributed by atoms with Gasteiger partial charge in [0.2, 0.25) is 15.0 Å². The third kappa shape index (κ3) is 3.35. The molecule has 0 aliphatic rings. The lowest BCUT2D eigenvalue weighted by molar-refractivity contribution is 0.566. The van der Waals surface area contributed by atoms with Gasteiger partial charge in [-0.25, -0.2) is 8.42 Å². The highest BCUT2D eigenvalue weighted by Gasteiger charge is 2.24. The van der Waals surface area contributed by atoms with Crippen molar-refractivity contribution in [1.82, 2.24) is 29.9 Å². The van der Waals surface area contributed by atoms with Crippen molar-refractivity contribution in [2.75, 3.05) is 5.75 Å². The Kier molecular flexibility index (Phi) is 4.70. The van der Waals surface area contributed by atoms with Crippen LogP contribution in [0.1, 0.15) is 18.9 Å². The average Bonchev–Trinajstić information content (AvgIpc) is 3.25. The summed E-state index contributed by atoms with van der Waals surface area (Å²) in [5.74, 6) is 0.477. The van der Waals surface area contributed by atoms with Crippen molar-refractivity contribution in [3.8, 4) is 11.5 Å². The van der Waals surface area contributed by atoms with E-state index < -0.39 is 9.84 Å². The second-order valence-corrected chi connectivity index (χ2v) is 7.30. The third-order valence-electron chi connectivity index (χ3n) is 3.64. The van der Waals surface area contributed by atoms with Gasteiger partial charge in [0.15, 0.2) is 5.82 Å². The highest BCUT2D eigenvalue weighted by atomic mass is 32.2. The van der Waals surface area contributed by atoms with Crippen LogP contribution in [0.3, 0.4) is 0 Å². The van der Waals surface area contributed by atoms with Gasteiger partial charge < -0.3 is 0 Å². The second kappa shape index (κ2) is 6.91. The van der Waals surface area contributed by atoms with Crippen molar-refractivity contribution in [2.45, 2.75) is 31.5 Å². The maximum absolute atomic E-state index is 12.6. The Bertz CT molecular complexity index is 887. The molecule has 3 heterocycles. The molecule has 3 rings (SSSR count). The number of pyridine rings is 1. The molecule has 1 N–H and O–H groups in total. The van der Waals surface area contributed by atoms with Gasteiger partial charge in [0.1, 0.15) is 5.69 Å². The summed E-state index contributed by atoms with van der Waals surface area (Å²) >= 11 is 0. The van der Waals surface area contributed by atoms with Crippen LogP contribution in [-0.4, -0.2) is 44.1 Å². The molecule has 0 radical (unpaired) electrons. The van der Waals surface area contributed by atoms with E-state index in [0.29, 0.717) is 30.9 Å². The zero-order valence-corrected chi connectivity index (χ0v) is 14.1. The first-order chi connectivity index (χ1) is 11.6. The van der Waals surface area contributed by atoms with E-state index in [9.17, 15) is 8.42 Å². The van der Waals surface area contributed by atoms with Crippen molar-refractivity contribution in [1.29, 1.82) is 0 Å². The van der Waals surface area contributed by atoms with E-state index in [1.54, 1.807) is 35.3 Å². The smallest absolute Gasteiger partial charge is 0.250 e. The first kappa shape index (κ1) is 16.3. The number of hydrogen-bond donors (Lipinski definition) is 1. The maximum Gasteiger partial charge on any atom is 0.250 e. The first-order valence-electron chi connectivity index (χ1n) is 7.67. The fourth-order valence-corrected chi connectivity index (χ4v) is 3.88. The molecule has 0 amide bonds. The summed E-state index contributed by atoms with van der Waals surface area (Å²) in [5.41, 5.74) is 1.59. The molecular formula is C15H18N6O2S. The van der Waals surface area contributed by atoms with Gasteiger partial charge in [-0.3, -0.25) is 14.6 Å². The largest absolute Gasteiger partial charge is 0.297 e. The van der Waals surface area contributed by atoms with Gasteiger partial charge in [-0.1, -0.05) is 6.07 Å². The molecule has 3 aromatic heterocycles. The second-order valence-electron chi connectivity index (χ2n) is 5.29. The van der Waals surface area contributed by atoms with Crippen LogP contribution in [0.5, 0.6) is 0 Å². The topological polar surface area (TPSA) is 106 Å². The van der Waals surface area contributed by atoms with Crippen LogP contribution in [-0.2, 0) is 22.8 Å². The molecule has 0 spiro atoms. The zero-order chi connectivity index (χ0) is 17.0. The lowest BCUT2D eigenvalue weighted by Crippen LogP contribution is -2.15. The average molecular weight is 346 g/mol. The van der Waals surface area contributed by atoms with Gasteiger partial charge >= 0.3 is 0 Å². The Hall–Kier alpha value is -2.55. The molecule has 0 saturated carbocycles. The van der Waals surface area contributed by atoms with Gasteiger partial charge in [0, 0.05) is 18.9 Å². The van der Waals surface area contributed by atoms with Crippen molar-refractivity contribution in [3.63, 3.8) is 0 Å². The van der Waals surface area contributed by atoms with E-state index in [4.69, 9.17) is 0 Å². The number of nitrogens with zero attached hydrogens (tertiary/aromatic N) is 5. The molecule has 0 saturated heterocycles. The first-order valence-corrected chi connectivity index (χ1v) is 9.32. The van der Waals surface area contributed by atoms with Crippen LogP contribution < -0.4 is 0 Å². The number of nitrogens with one attached hydrogen (secondary N) is 1. The Labute approximate surface area is 139 Å². The van der Waals surface area contributed by atoms with E-state index in [0.717, 1.165) is 5.56 Å². The molecule has 24 heavy (non-hydrogen) atoms.